The van der Waals surface area contributed by atoms with Gasteiger partial charge < -0.3 is 10.4 Å². The molecule has 4 heteroatoms. The summed E-state index contributed by atoms with van der Waals surface area (Å²) >= 11 is 0. The summed E-state index contributed by atoms with van der Waals surface area (Å²) in [5.74, 6) is -0.647. The molecule has 0 fully saturated rings. The highest BCUT2D eigenvalue weighted by molar-refractivity contribution is 5.98. The van der Waals surface area contributed by atoms with Crippen molar-refractivity contribution < 1.29 is 14.7 Å². The SMILES string of the molecule is CCC(=O)O.O=C1Cc2ccccc2N1. The Morgan fingerprint density at radius 1 is 1.47 bits per heavy atom. The predicted octanol–water partition coefficient (Wildman–Crippen LogP) is 1.66. The Morgan fingerprint density at radius 3 is 2.60 bits per heavy atom. The lowest BCUT2D eigenvalue weighted by Crippen LogP contribution is -2.03. The van der Waals surface area contributed by atoms with Crippen LogP contribution in [0.4, 0.5) is 5.69 Å². The van der Waals surface area contributed by atoms with Crippen LogP contribution in [-0.2, 0) is 16.0 Å². The van der Waals surface area contributed by atoms with E-state index in [0.29, 0.717) is 6.42 Å². The Bertz CT molecular complexity index is 347. The number of para-hydroxylation sites is 1. The Morgan fingerprint density at radius 2 is 2.07 bits per heavy atom. The van der Waals surface area contributed by atoms with Crippen molar-refractivity contribution >= 4 is 17.6 Å². The number of nitrogens with one attached hydrogen (secondary N) is 1. The molecule has 0 aromatic heterocycles. The van der Waals surface area contributed by atoms with Crippen molar-refractivity contribution in [2.75, 3.05) is 5.32 Å². The van der Waals surface area contributed by atoms with Gasteiger partial charge >= 0.3 is 5.97 Å². The van der Waals surface area contributed by atoms with Crippen LogP contribution in [0.15, 0.2) is 24.3 Å². The topological polar surface area (TPSA) is 66.4 Å². The molecular weight excluding hydrogens is 194 g/mol. The van der Waals surface area contributed by atoms with Gasteiger partial charge in [0.15, 0.2) is 0 Å². The minimum Gasteiger partial charge on any atom is -0.481 e. The minimum absolute atomic E-state index is 0.0983. The molecule has 0 spiro atoms. The van der Waals surface area contributed by atoms with Crippen LogP contribution in [0.2, 0.25) is 0 Å². The van der Waals surface area contributed by atoms with Gasteiger partial charge in [-0.25, -0.2) is 0 Å². The molecule has 0 saturated heterocycles. The van der Waals surface area contributed by atoms with Gasteiger partial charge in [0, 0.05) is 12.1 Å². The summed E-state index contributed by atoms with van der Waals surface area (Å²) in [6, 6.07) is 7.75. The van der Waals surface area contributed by atoms with Crippen LogP contribution in [0.5, 0.6) is 0 Å². The number of carboxylic acids is 1. The number of aliphatic carboxylic acids is 1. The van der Waals surface area contributed by atoms with E-state index in [4.69, 9.17) is 5.11 Å². The van der Waals surface area contributed by atoms with Gasteiger partial charge in [0.05, 0.1) is 6.42 Å². The van der Waals surface area contributed by atoms with Crippen LogP contribution in [-0.4, -0.2) is 17.0 Å². The number of hydrogen-bond donors (Lipinski definition) is 2. The van der Waals surface area contributed by atoms with Crippen molar-refractivity contribution in [3.63, 3.8) is 0 Å². The van der Waals surface area contributed by atoms with E-state index in [0.717, 1.165) is 11.3 Å². The number of carbonyl (C=O) groups excluding carboxylic acids is 1. The summed E-state index contributed by atoms with van der Waals surface area (Å²) in [6.45, 7) is 1.60. The van der Waals surface area contributed by atoms with Gasteiger partial charge in [-0.05, 0) is 11.6 Å². The van der Waals surface area contributed by atoms with Gasteiger partial charge in [0.1, 0.15) is 0 Å². The molecule has 0 atom stereocenters. The summed E-state index contributed by atoms with van der Waals surface area (Å²) in [4.78, 5) is 20.2. The Balaban J connectivity index is 0.000000195. The lowest BCUT2D eigenvalue weighted by atomic mass is 10.2. The first-order chi connectivity index (χ1) is 7.13. The molecule has 0 unspecified atom stereocenters. The van der Waals surface area contributed by atoms with E-state index in [1.54, 1.807) is 6.92 Å². The van der Waals surface area contributed by atoms with E-state index in [-0.39, 0.29) is 12.3 Å². The van der Waals surface area contributed by atoms with Crippen LogP contribution in [0.1, 0.15) is 18.9 Å². The number of rotatable bonds is 1. The molecule has 0 saturated carbocycles. The number of carboxylic acid groups (broad SMARTS) is 1. The molecule has 4 nitrogen and oxygen atoms in total. The van der Waals surface area contributed by atoms with Gasteiger partial charge in [0.25, 0.3) is 0 Å². The van der Waals surface area contributed by atoms with Gasteiger partial charge in [-0.1, -0.05) is 25.1 Å². The first-order valence-electron chi connectivity index (χ1n) is 4.73. The third kappa shape index (κ3) is 3.42. The molecule has 1 aliphatic heterocycles. The highest BCUT2D eigenvalue weighted by Gasteiger charge is 2.15. The highest BCUT2D eigenvalue weighted by Crippen LogP contribution is 2.20. The second-order valence-electron chi connectivity index (χ2n) is 3.13. The molecule has 0 aliphatic carbocycles. The van der Waals surface area contributed by atoms with E-state index < -0.39 is 5.97 Å². The van der Waals surface area contributed by atoms with Gasteiger partial charge in [0.2, 0.25) is 5.91 Å². The summed E-state index contributed by atoms with van der Waals surface area (Å²) in [6.07, 6.45) is 0.760. The fourth-order valence-corrected chi connectivity index (χ4v) is 1.16. The average Bonchev–Trinajstić information content (AvgIpc) is 2.58. The number of hydrogen-bond acceptors (Lipinski definition) is 2. The number of anilines is 1. The maximum Gasteiger partial charge on any atom is 0.303 e. The maximum absolute atomic E-state index is 10.8. The average molecular weight is 207 g/mol. The summed E-state index contributed by atoms with van der Waals surface area (Å²) in [5.41, 5.74) is 2.07. The summed E-state index contributed by atoms with van der Waals surface area (Å²) < 4.78 is 0. The van der Waals surface area contributed by atoms with Gasteiger partial charge in [-0.15, -0.1) is 0 Å². The number of fused-ring (bicyclic) bond motifs is 1. The summed E-state index contributed by atoms with van der Waals surface area (Å²) in [7, 11) is 0. The van der Waals surface area contributed by atoms with E-state index in [2.05, 4.69) is 5.32 Å². The van der Waals surface area contributed by atoms with Crippen molar-refractivity contribution in [3.05, 3.63) is 29.8 Å². The standard InChI is InChI=1S/C8H7NO.C3H6O2/c10-8-5-6-3-1-2-4-7(6)9-8;1-2-3(4)5/h1-4H,5H2,(H,9,10);2H2,1H3,(H,4,5). The summed E-state index contributed by atoms with van der Waals surface area (Å²) in [5, 5.41) is 10.5. The zero-order valence-electron chi connectivity index (χ0n) is 8.49. The highest BCUT2D eigenvalue weighted by atomic mass is 16.4. The second-order valence-corrected chi connectivity index (χ2v) is 3.13. The van der Waals surface area contributed by atoms with Crippen molar-refractivity contribution in [1.29, 1.82) is 0 Å². The maximum atomic E-state index is 10.8. The van der Waals surface area contributed by atoms with Crippen molar-refractivity contribution in [2.24, 2.45) is 0 Å². The zero-order valence-corrected chi connectivity index (χ0v) is 8.49. The Labute approximate surface area is 87.9 Å². The molecule has 1 aromatic carbocycles. The zero-order chi connectivity index (χ0) is 11.3. The van der Waals surface area contributed by atoms with Gasteiger partial charge in [-0.3, -0.25) is 9.59 Å². The number of amides is 1. The van der Waals surface area contributed by atoms with Crippen LogP contribution < -0.4 is 5.32 Å². The van der Waals surface area contributed by atoms with Crippen molar-refractivity contribution in [1.82, 2.24) is 0 Å². The molecular formula is C11H13NO3. The lowest BCUT2D eigenvalue weighted by molar-refractivity contribution is -0.136. The fourth-order valence-electron chi connectivity index (χ4n) is 1.16. The quantitative estimate of drug-likeness (QED) is 0.736. The molecule has 2 N–H and O–H groups in total. The molecule has 1 aromatic rings. The third-order valence-corrected chi connectivity index (χ3v) is 1.94. The third-order valence-electron chi connectivity index (χ3n) is 1.94. The minimum atomic E-state index is -0.745. The molecule has 2 rings (SSSR count). The normalized spacial score (nSPS) is 12.2. The second kappa shape index (κ2) is 5.14. The molecule has 0 bridgehead atoms. The fraction of sp³-hybridized carbons (Fsp3) is 0.273. The largest absolute Gasteiger partial charge is 0.481 e. The monoisotopic (exact) mass is 207 g/mol. The molecule has 80 valence electrons. The number of carbonyl (C=O) groups is 2. The molecule has 1 heterocycles. The lowest BCUT2D eigenvalue weighted by Gasteiger charge is -1.93. The van der Waals surface area contributed by atoms with E-state index >= 15 is 0 Å². The number of benzene rings is 1. The van der Waals surface area contributed by atoms with Crippen molar-refractivity contribution in [3.8, 4) is 0 Å². The van der Waals surface area contributed by atoms with E-state index in [1.807, 2.05) is 24.3 Å². The van der Waals surface area contributed by atoms with Crippen molar-refractivity contribution in [2.45, 2.75) is 19.8 Å². The molecule has 15 heavy (non-hydrogen) atoms. The molecule has 0 radical (unpaired) electrons. The molecule has 1 aliphatic rings. The predicted molar refractivity (Wildman–Crippen MR) is 56.7 cm³/mol. The smallest absolute Gasteiger partial charge is 0.303 e. The van der Waals surface area contributed by atoms with E-state index in [1.165, 1.54) is 0 Å². The Kier molecular flexibility index (Phi) is 3.85. The van der Waals surface area contributed by atoms with E-state index in [9.17, 15) is 9.59 Å². The first-order valence-corrected chi connectivity index (χ1v) is 4.73. The van der Waals surface area contributed by atoms with Gasteiger partial charge in [-0.2, -0.15) is 0 Å². The molecule has 1 amide bonds. The van der Waals surface area contributed by atoms with Crippen LogP contribution in [0, 0.1) is 0 Å². The first kappa shape index (κ1) is 11.2. The Hall–Kier alpha value is -1.84. The van der Waals surface area contributed by atoms with Crippen LogP contribution in [0.25, 0.3) is 0 Å². The van der Waals surface area contributed by atoms with Crippen LogP contribution >= 0.6 is 0 Å². The van der Waals surface area contributed by atoms with Crippen LogP contribution in [0.3, 0.4) is 0 Å².